The quantitative estimate of drug-likeness (QED) is 0.307. The zero-order valence-electron chi connectivity index (χ0n) is 23.5. The topological polar surface area (TPSA) is 71.0 Å². The fraction of sp³-hybridized carbons (Fsp3) is 0.394. The summed E-state index contributed by atoms with van der Waals surface area (Å²) < 4.78 is 58.7. The van der Waals surface area contributed by atoms with E-state index in [9.17, 15) is 13.9 Å². The molecular formula is C33H29F3N4O3. The lowest BCUT2D eigenvalue weighted by molar-refractivity contribution is 0.0947. The summed E-state index contributed by atoms with van der Waals surface area (Å²) in [6, 6.07) is 7.14. The van der Waals surface area contributed by atoms with Gasteiger partial charge in [-0.25, -0.2) is 13.2 Å². The Hall–Kier alpha value is -4.23. The van der Waals surface area contributed by atoms with Gasteiger partial charge in [-0.05, 0) is 67.4 Å². The molecule has 0 bridgehead atoms. The van der Waals surface area contributed by atoms with Crippen LogP contribution >= 0.6 is 0 Å². The smallest absolute Gasteiger partial charge is 0.319 e. The van der Waals surface area contributed by atoms with E-state index in [0.717, 1.165) is 32.2 Å². The molecule has 2 saturated heterocycles. The number of phenols is 1. The molecule has 7 nitrogen and oxygen atoms in total. The molecule has 1 N–H and O–H groups in total. The molecule has 3 fully saturated rings. The maximum atomic E-state index is 16.8. The highest BCUT2D eigenvalue weighted by atomic mass is 19.1. The number of alkyl halides is 1. The van der Waals surface area contributed by atoms with Crippen molar-refractivity contribution >= 4 is 27.5 Å². The summed E-state index contributed by atoms with van der Waals surface area (Å²) in [4.78, 5) is 13.4. The molecule has 10 heteroatoms. The van der Waals surface area contributed by atoms with E-state index in [4.69, 9.17) is 20.9 Å². The number of aromatic nitrogens is 2. The Morgan fingerprint density at radius 2 is 2.02 bits per heavy atom. The van der Waals surface area contributed by atoms with Crippen LogP contribution in [0.1, 0.15) is 37.7 Å². The first-order valence-electron chi connectivity index (χ1n) is 14.6. The van der Waals surface area contributed by atoms with Gasteiger partial charge in [0.25, 0.3) is 0 Å². The van der Waals surface area contributed by atoms with Crippen LogP contribution < -0.4 is 14.4 Å². The van der Waals surface area contributed by atoms with Crippen LogP contribution in [0.5, 0.6) is 17.5 Å². The van der Waals surface area contributed by atoms with E-state index in [0.29, 0.717) is 40.7 Å². The Morgan fingerprint density at radius 1 is 1.16 bits per heavy atom. The molecule has 8 rings (SSSR count). The number of fused-ring (bicyclic) bond motifs is 3. The summed E-state index contributed by atoms with van der Waals surface area (Å²) in [5.74, 6) is 1.81. The highest BCUT2D eigenvalue weighted by molar-refractivity contribution is 6.05. The third-order valence-electron chi connectivity index (χ3n) is 9.84. The first-order valence-corrected chi connectivity index (χ1v) is 14.6. The number of nitrogens with zero attached hydrogens (tertiary/aromatic N) is 4. The number of terminal acetylenes is 1. The van der Waals surface area contributed by atoms with Gasteiger partial charge in [0, 0.05) is 31.0 Å². The number of phenolic OH excluding ortho intramolecular Hbond substituents is 1. The number of halogens is 3. The number of rotatable bonds is 4. The molecule has 220 valence electrons. The minimum Gasteiger partial charge on any atom is -0.508 e. The van der Waals surface area contributed by atoms with Crippen molar-refractivity contribution in [2.75, 3.05) is 31.6 Å². The molecule has 4 aromatic rings. The third kappa shape index (κ3) is 3.87. The van der Waals surface area contributed by atoms with E-state index >= 15 is 4.39 Å². The van der Waals surface area contributed by atoms with Crippen LogP contribution in [-0.4, -0.2) is 70.6 Å². The number of benzene rings is 3. The summed E-state index contributed by atoms with van der Waals surface area (Å²) in [6.45, 7) is 1.40. The average Bonchev–Trinajstić information content (AvgIpc) is 3.48. The highest BCUT2D eigenvalue weighted by Gasteiger charge is 2.49. The minimum absolute atomic E-state index is 0.00576. The molecule has 1 aliphatic carbocycles. The molecule has 43 heavy (non-hydrogen) atoms. The normalized spacial score (nSPS) is 26.0. The predicted octanol–water partition coefficient (Wildman–Crippen LogP) is 5.73. The maximum Gasteiger partial charge on any atom is 0.319 e. The Bertz CT molecular complexity index is 1880. The zero-order valence-corrected chi connectivity index (χ0v) is 23.5. The van der Waals surface area contributed by atoms with Crippen LogP contribution in [0.15, 0.2) is 30.3 Å². The van der Waals surface area contributed by atoms with Gasteiger partial charge in [-0.15, -0.1) is 6.42 Å². The summed E-state index contributed by atoms with van der Waals surface area (Å²) in [7, 11) is 1.90. The molecule has 4 atom stereocenters. The molecule has 4 heterocycles. The van der Waals surface area contributed by atoms with Crippen molar-refractivity contribution in [3.63, 3.8) is 0 Å². The summed E-state index contributed by atoms with van der Waals surface area (Å²) in [5, 5.41) is 11.8. The molecular weight excluding hydrogens is 557 g/mol. The van der Waals surface area contributed by atoms with Crippen LogP contribution in [-0.2, 0) is 0 Å². The van der Waals surface area contributed by atoms with E-state index in [1.807, 2.05) is 11.9 Å². The van der Waals surface area contributed by atoms with Gasteiger partial charge in [-0.2, -0.15) is 9.97 Å². The minimum atomic E-state index is -0.915. The first kappa shape index (κ1) is 26.4. The number of hydrogen-bond acceptors (Lipinski definition) is 7. The van der Waals surface area contributed by atoms with Crippen LogP contribution in [0.25, 0.3) is 32.8 Å². The summed E-state index contributed by atoms with van der Waals surface area (Å²) in [6.07, 6.45) is 8.50. The van der Waals surface area contributed by atoms with E-state index in [-0.39, 0.29) is 52.7 Å². The second kappa shape index (κ2) is 9.38. The molecule has 3 aromatic carbocycles. The van der Waals surface area contributed by atoms with Gasteiger partial charge in [-0.1, -0.05) is 12.0 Å². The molecule has 1 saturated carbocycles. The van der Waals surface area contributed by atoms with E-state index in [1.165, 1.54) is 24.3 Å². The van der Waals surface area contributed by atoms with Crippen molar-refractivity contribution in [2.45, 2.75) is 56.0 Å². The van der Waals surface area contributed by atoms with Gasteiger partial charge in [-0.3, -0.25) is 4.90 Å². The van der Waals surface area contributed by atoms with Crippen LogP contribution in [0, 0.1) is 24.0 Å². The number of anilines is 1. The monoisotopic (exact) mass is 586 g/mol. The number of likely N-dealkylation sites (N-methyl/N-ethyl adjacent to an activating group) is 1. The van der Waals surface area contributed by atoms with Crippen LogP contribution in [0.2, 0.25) is 0 Å². The van der Waals surface area contributed by atoms with Crippen LogP contribution in [0.4, 0.5) is 19.0 Å². The second-order valence-electron chi connectivity index (χ2n) is 12.2. The van der Waals surface area contributed by atoms with Crippen molar-refractivity contribution in [3.8, 4) is 41.0 Å². The van der Waals surface area contributed by atoms with Gasteiger partial charge in [0.2, 0.25) is 0 Å². The number of hydrogen-bond donors (Lipinski definition) is 1. The van der Waals surface area contributed by atoms with Crippen molar-refractivity contribution in [1.82, 2.24) is 14.9 Å². The molecule has 1 aromatic heterocycles. The standard InChI is InChI=1S/C33H29F3N4O3/c1-3-20-23(35)6-5-17-11-19(41)12-21(27(17)20)22-13-26-28-30(29(22)36)37-32(38-31(28)39(2)24-7-8-25(24)43-26)42-16-33-9-4-10-40(33)15-18(34)14-33/h1,5-6,11-13,18,24-25,41H,4,7-10,14-16H2,2H3/t18-,24-,25+,33+/m1/s1. The highest BCUT2D eigenvalue weighted by Crippen LogP contribution is 2.48. The van der Waals surface area contributed by atoms with Crippen molar-refractivity contribution in [2.24, 2.45) is 0 Å². The van der Waals surface area contributed by atoms with Gasteiger partial charge >= 0.3 is 6.01 Å². The fourth-order valence-electron chi connectivity index (χ4n) is 7.60. The van der Waals surface area contributed by atoms with E-state index in [1.54, 1.807) is 6.07 Å². The van der Waals surface area contributed by atoms with Gasteiger partial charge in [0.1, 0.15) is 47.5 Å². The second-order valence-corrected chi connectivity index (χ2v) is 12.2. The van der Waals surface area contributed by atoms with E-state index < -0.39 is 23.3 Å². The number of ether oxygens (including phenoxy) is 2. The largest absolute Gasteiger partial charge is 0.508 e. The Labute approximate surface area is 246 Å². The van der Waals surface area contributed by atoms with Gasteiger partial charge in [0.05, 0.1) is 22.5 Å². The SMILES string of the molecule is C#Cc1c(F)ccc2cc(O)cc(-c3cc4c5c(nc(OC[C@@]67CCCN6C[C@H](F)C7)nc5c3F)N(C)[C@@H]3CC[C@@H]3O4)c12. The molecule has 0 radical (unpaired) electrons. The van der Waals surface area contributed by atoms with E-state index in [2.05, 4.69) is 15.8 Å². The van der Waals surface area contributed by atoms with Crippen molar-refractivity contribution < 1.29 is 27.8 Å². The van der Waals surface area contributed by atoms with Crippen molar-refractivity contribution in [3.05, 3.63) is 47.5 Å². The summed E-state index contributed by atoms with van der Waals surface area (Å²) >= 11 is 0. The first-order chi connectivity index (χ1) is 20.8. The lowest BCUT2D eigenvalue weighted by Crippen LogP contribution is -2.51. The molecule has 0 unspecified atom stereocenters. The van der Waals surface area contributed by atoms with Crippen molar-refractivity contribution in [1.29, 1.82) is 0 Å². The molecule has 0 amide bonds. The maximum absolute atomic E-state index is 16.8. The molecule has 0 spiro atoms. The Morgan fingerprint density at radius 3 is 2.81 bits per heavy atom. The van der Waals surface area contributed by atoms with Crippen LogP contribution in [0.3, 0.4) is 0 Å². The lowest BCUT2D eigenvalue weighted by Gasteiger charge is -2.40. The average molecular weight is 587 g/mol. The van der Waals surface area contributed by atoms with Gasteiger partial charge < -0.3 is 19.5 Å². The molecule has 3 aliphatic heterocycles. The summed E-state index contributed by atoms with van der Waals surface area (Å²) in [5.41, 5.74) is -0.216. The predicted molar refractivity (Wildman–Crippen MR) is 156 cm³/mol. The zero-order chi connectivity index (χ0) is 29.6. The Kier molecular flexibility index (Phi) is 5.76. The molecule has 4 aliphatic rings. The number of aromatic hydroxyl groups is 1. The fourth-order valence-corrected chi connectivity index (χ4v) is 7.60. The Balaban J connectivity index is 1.33. The third-order valence-corrected chi connectivity index (χ3v) is 9.84. The lowest BCUT2D eigenvalue weighted by atomic mass is 9.88. The van der Waals surface area contributed by atoms with Gasteiger partial charge in [0.15, 0.2) is 5.82 Å².